The van der Waals surface area contributed by atoms with E-state index in [4.69, 9.17) is 0 Å². The van der Waals surface area contributed by atoms with Crippen molar-refractivity contribution in [2.24, 2.45) is 23.7 Å². The minimum absolute atomic E-state index is 0.0122. The van der Waals surface area contributed by atoms with Crippen LogP contribution in [0, 0.1) is 23.7 Å². The van der Waals surface area contributed by atoms with E-state index in [9.17, 15) is 28.8 Å². The van der Waals surface area contributed by atoms with E-state index in [1.54, 1.807) is 34.1 Å². The maximum absolute atomic E-state index is 14.1. The molecular formula is C54H72N6O6. The minimum Gasteiger partial charge on any atom is -0.356 e. The Hall–Kier alpha value is -5.52. The molecule has 2 saturated heterocycles. The molecule has 0 spiro atoms. The van der Waals surface area contributed by atoms with Gasteiger partial charge in [-0.2, -0.15) is 0 Å². The molecule has 0 radical (unpaired) electrons. The maximum Gasteiger partial charge on any atom is 0.253 e. The Morgan fingerprint density at radius 3 is 1.14 bits per heavy atom. The van der Waals surface area contributed by atoms with Crippen molar-refractivity contribution in [3.8, 4) is 0 Å². The minimum atomic E-state index is -0.697. The molecule has 0 bridgehead atoms. The molecule has 6 amide bonds. The molecule has 3 aromatic carbocycles. The number of benzene rings is 3. The number of carbonyl (C=O) groups is 6. The Kier molecular flexibility index (Phi) is 17.4. The summed E-state index contributed by atoms with van der Waals surface area (Å²) in [6.07, 6.45) is 14.8. The van der Waals surface area contributed by atoms with E-state index in [-0.39, 0.29) is 85.5 Å². The van der Waals surface area contributed by atoms with Crippen LogP contribution >= 0.6 is 0 Å². The van der Waals surface area contributed by atoms with E-state index < -0.39 is 23.7 Å². The number of carbonyl (C=O) groups excluding carboxylic acids is 6. The first-order valence-electron chi connectivity index (χ1n) is 25.1. The lowest BCUT2D eigenvalue weighted by Crippen LogP contribution is -2.42. The van der Waals surface area contributed by atoms with E-state index >= 15 is 0 Å². The Morgan fingerprint density at radius 1 is 0.439 bits per heavy atom. The number of likely N-dealkylation sites (tertiary alicyclic amines) is 2. The zero-order valence-corrected chi connectivity index (χ0v) is 39.2. The van der Waals surface area contributed by atoms with Crippen molar-refractivity contribution in [2.45, 2.75) is 128 Å². The predicted molar refractivity (Wildman–Crippen MR) is 256 cm³/mol. The van der Waals surface area contributed by atoms with Crippen LogP contribution in [0.25, 0.3) is 0 Å². The number of hydrogen-bond donors (Lipinski definition) is 4. The van der Waals surface area contributed by atoms with Crippen LogP contribution < -0.4 is 21.3 Å². The van der Waals surface area contributed by atoms with Gasteiger partial charge in [0, 0.05) is 74.3 Å². The first kappa shape index (κ1) is 48.4. The quantitative estimate of drug-likeness (QED) is 0.0689. The molecule has 4 aliphatic rings. The van der Waals surface area contributed by atoms with Crippen molar-refractivity contribution in [1.29, 1.82) is 0 Å². The molecule has 2 aliphatic heterocycles. The van der Waals surface area contributed by atoms with Gasteiger partial charge in [0.05, 0.1) is 23.7 Å². The molecule has 3 aromatic rings. The molecule has 4 fully saturated rings. The van der Waals surface area contributed by atoms with Crippen molar-refractivity contribution < 1.29 is 28.8 Å². The molecule has 12 nitrogen and oxygen atoms in total. The van der Waals surface area contributed by atoms with Crippen LogP contribution in [-0.4, -0.2) is 96.6 Å². The molecule has 66 heavy (non-hydrogen) atoms. The second-order valence-corrected chi connectivity index (χ2v) is 19.3. The Morgan fingerprint density at radius 2 is 0.773 bits per heavy atom. The van der Waals surface area contributed by atoms with Crippen LogP contribution in [0.2, 0.25) is 0 Å². The third-order valence-corrected chi connectivity index (χ3v) is 14.3. The predicted octanol–water partition coefficient (Wildman–Crippen LogP) is 7.36. The molecule has 12 heteroatoms. The third kappa shape index (κ3) is 12.9. The molecule has 8 atom stereocenters. The smallest absolute Gasteiger partial charge is 0.253 e. The van der Waals surface area contributed by atoms with Gasteiger partial charge in [0.25, 0.3) is 11.8 Å². The lowest BCUT2D eigenvalue weighted by atomic mass is 9.94. The summed E-state index contributed by atoms with van der Waals surface area (Å²) in [7, 11) is 0. The van der Waals surface area contributed by atoms with Crippen molar-refractivity contribution in [2.75, 3.05) is 39.3 Å². The van der Waals surface area contributed by atoms with Gasteiger partial charge in [-0.1, -0.05) is 139 Å². The van der Waals surface area contributed by atoms with Gasteiger partial charge in [0.15, 0.2) is 0 Å². The number of nitrogens with zero attached hydrogens (tertiary/aromatic N) is 2. The number of amides is 6. The second-order valence-electron chi connectivity index (χ2n) is 19.3. The van der Waals surface area contributed by atoms with E-state index in [0.29, 0.717) is 24.2 Å². The summed E-state index contributed by atoms with van der Waals surface area (Å²) in [6, 6.07) is 26.6. The van der Waals surface area contributed by atoms with Gasteiger partial charge in [0.1, 0.15) is 0 Å². The van der Waals surface area contributed by atoms with Crippen molar-refractivity contribution in [1.82, 2.24) is 31.1 Å². The summed E-state index contributed by atoms with van der Waals surface area (Å²) in [6.45, 7) is 5.86. The summed E-state index contributed by atoms with van der Waals surface area (Å²) in [4.78, 5) is 86.4. The molecule has 2 saturated carbocycles. The van der Waals surface area contributed by atoms with Crippen LogP contribution in [0.15, 0.2) is 84.9 Å². The fourth-order valence-electron chi connectivity index (χ4n) is 10.0. The lowest BCUT2D eigenvalue weighted by Gasteiger charge is -2.18. The summed E-state index contributed by atoms with van der Waals surface area (Å²) in [5, 5.41) is 12.5. The topological polar surface area (TPSA) is 157 Å². The fraction of sp³-hybridized carbons (Fsp3) is 0.556. The standard InChI is InChI=1S/C54H72N6O6/c1-3-5-7-9-11-19-29-55-49(61)43-33-59(35-45(43)51(63)57-47-31-41(47)37-21-15-13-16-22-37)53(65)39-25-27-40(28-26-39)54(66)60-34-44(50(62)56-30-20-12-10-8-6-4-2)46(36-60)52(64)58-48-32-42(48)38-23-17-14-18-24-38/h13-18,21-28,41-48H,3-12,19-20,29-36H2,1-2H3,(H,55,61)(H,56,62)(H,57,63)(H,58,64)/t41-,42-,43+,44+,45+,46+,47+,48+/m0/s1. The third-order valence-electron chi connectivity index (χ3n) is 14.3. The van der Waals surface area contributed by atoms with E-state index in [0.717, 1.165) is 51.4 Å². The maximum atomic E-state index is 14.1. The van der Waals surface area contributed by atoms with Gasteiger partial charge >= 0.3 is 0 Å². The van der Waals surface area contributed by atoms with E-state index in [1.807, 2.05) is 36.4 Å². The molecule has 0 aromatic heterocycles. The van der Waals surface area contributed by atoms with Gasteiger partial charge in [-0.15, -0.1) is 0 Å². The first-order chi connectivity index (χ1) is 32.2. The van der Waals surface area contributed by atoms with Gasteiger partial charge in [-0.3, -0.25) is 28.8 Å². The molecule has 2 aliphatic carbocycles. The zero-order valence-electron chi connectivity index (χ0n) is 39.2. The van der Waals surface area contributed by atoms with Crippen molar-refractivity contribution >= 4 is 35.4 Å². The molecular weight excluding hydrogens is 829 g/mol. The number of unbranched alkanes of at least 4 members (excludes halogenated alkanes) is 10. The molecule has 354 valence electrons. The van der Waals surface area contributed by atoms with Crippen LogP contribution in [0.1, 0.15) is 147 Å². The Bertz CT molecular complexity index is 1950. The van der Waals surface area contributed by atoms with E-state index in [2.05, 4.69) is 59.4 Å². The molecule has 2 heterocycles. The summed E-state index contributed by atoms with van der Waals surface area (Å²) >= 11 is 0. The average Bonchev–Trinajstić information content (AvgIpc) is 4.18. The Labute approximate surface area is 391 Å². The van der Waals surface area contributed by atoms with Gasteiger partial charge in [-0.25, -0.2) is 0 Å². The van der Waals surface area contributed by atoms with Crippen molar-refractivity contribution in [3.63, 3.8) is 0 Å². The highest BCUT2D eigenvalue weighted by Crippen LogP contribution is 2.42. The monoisotopic (exact) mass is 901 g/mol. The molecule has 4 N–H and O–H groups in total. The summed E-state index contributed by atoms with van der Waals surface area (Å²) in [5.41, 5.74) is 3.03. The second kappa shape index (κ2) is 23.8. The highest BCUT2D eigenvalue weighted by molar-refractivity contribution is 6.00. The van der Waals surface area contributed by atoms with Gasteiger partial charge in [0.2, 0.25) is 23.6 Å². The van der Waals surface area contributed by atoms with Crippen molar-refractivity contribution in [3.05, 3.63) is 107 Å². The van der Waals surface area contributed by atoms with Crippen LogP contribution in [0.3, 0.4) is 0 Å². The number of nitrogens with one attached hydrogen (secondary N) is 4. The largest absolute Gasteiger partial charge is 0.356 e. The zero-order chi connectivity index (χ0) is 46.4. The first-order valence-corrected chi connectivity index (χ1v) is 25.1. The Balaban J connectivity index is 0.974. The summed E-state index contributed by atoms with van der Waals surface area (Å²) < 4.78 is 0. The summed E-state index contributed by atoms with van der Waals surface area (Å²) in [5.74, 6) is -3.81. The number of hydrogen-bond acceptors (Lipinski definition) is 6. The highest BCUT2D eigenvalue weighted by atomic mass is 16.2. The lowest BCUT2D eigenvalue weighted by molar-refractivity contribution is -0.133. The van der Waals surface area contributed by atoms with Crippen LogP contribution in [0.4, 0.5) is 0 Å². The van der Waals surface area contributed by atoms with E-state index in [1.165, 1.54) is 49.7 Å². The van der Waals surface area contributed by atoms with Gasteiger partial charge < -0.3 is 31.1 Å². The SMILES string of the molecule is CCCCCCCCNC(=O)[C@@H]1CN(C(=O)c2ccc(C(=O)N3C[C@@H](C(=O)NCCCCCCCC)[C@H](C(=O)N[C@@H]4C[C@H]4c4ccccc4)C3)cc2)C[C@H]1C(=O)N[C@@H]1C[C@H]1c1ccccc1. The van der Waals surface area contributed by atoms with Crippen LogP contribution in [0.5, 0.6) is 0 Å². The number of rotatable bonds is 24. The fourth-order valence-corrected chi connectivity index (χ4v) is 10.0. The van der Waals surface area contributed by atoms with Gasteiger partial charge in [-0.05, 0) is 61.1 Å². The van der Waals surface area contributed by atoms with Crippen LogP contribution in [-0.2, 0) is 19.2 Å². The average molecular weight is 901 g/mol. The molecule has 0 unspecified atom stereocenters. The highest BCUT2D eigenvalue weighted by Gasteiger charge is 2.48. The molecule has 7 rings (SSSR count). The normalized spacial score (nSPS) is 24.1.